The highest BCUT2D eigenvalue weighted by Crippen LogP contribution is 2.17. The van der Waals surface area contributed by atoms with Crippen LogP contribution in [0.25, 0.3) is 0 Å². The highest BCUT2D eigenvalue weighted by atomic mass is 79.9. The number of benzene rings is 2. The molecule has 0 saturated heterocycles. The Morgan fingerprint density at radius 2 is 1.83 bits per heavy atom. The second kappa shape index (κ2) is 5.80. The number of nitrogens with one attached hydrogen (secondary N) is 1. The average molecular weight is 305 g/mol. The first kappa shape index (κ1) is 12.8. The molecule has 18 heavy (non-hydrogen) atoms. The van der Waals surface area contributed by atoms with E-state index in [0.29, 0.717) is 0 Å². The zero-order valence-electron chi connectivity index (χ0n) is 9.64. The Morgan fingerprint density at radius 3 is 2.50 bits per heavy atom. The molecule has 0 aromatic heterocycles. The van der Waals surface area contributed by atoms with Crippen molar-refractivity contribution in [2.24, 2.45) is 5.73 Å². The van der Waals surface area contributed by atoms with Crippen molar-refractivity contribution in [1.29, 1.82) is 0 Å². The molecule has 0 aliphatic heterocycles. The molecule has 0 spiro atoms. The van der Waals surface area contributed by atoms with Gasteiger partial charge in [-0.05, 0) is 23.8 Å². The minimum Gasteiger partial charge on any atom is -0.324 e. The first-order valence-corrected chi connectivity index (χ1v) is 6.33. The molecule has 4 heteroatoms. The minimum absolute atomic E-state index is 0.223. The van der Waals surface area contributed by atoms with Crippen LogP contribution in [0.2, 0.25) is 0 Å². The predicted molar refractivity (Wildman–Crippen MR) is 76.1 cm³/mol. The highest BCUT2D eigenvalue weighted by molar-refractivity contribution is 9.10. The smallest absolute Gasteiger partial charge is 0.245 e. The van der Waals surface area contributed by atoms with E-state index in [1.807, 2.05) is 54.6 Å². The van der Waals surface area contributed by atoms with Crippen molar-refractivity contribution in [3.8, 4) is 0 Å². The topological polar surface area (TPSA) is 55.1 Å². The molecule has 3 nitrogen and oxygen atoms in total. The van der Waals surface area contributed by atoms with Gasteiger partial charge in [0.25, 0.3) is 0 Å². The third kappa shape index (κ3) is 3.18. The van der Waals surface area contributed by atoms with Gasteiger partial charge in [-0.15, -0.1) is 0 Å². The number of amides is 1. The number of halogens is 1. The number of hydrogen-bond acceptors (Lipinski definition) is 2. The quantitative estimate of drug-likeness (QED) is 0.915. The van der Waals surface area contributed by atoms with Gasteiger partial charge in [-0.25, -0.2) is 0 Å². The lowest BCUT2D eigenvalue weighted by Gasteiger charge is -2.12. The van der Waals surface area contributed by atoms with Crippen LogP contribution in [0.4, 0.5) is 5.69 Å². The summed E-state index contributed by atoms with van der Waals surface area (Å²) in [6.45, 7) is 0. The van der Waals surface area contributed by atoms with E-state index in [-0.39, 0.29) is 5.91 Å². The van der Waals surface area contributed by atoms with Crippen LogP contribution < -0.4 is 11.1 Å². The van der Waals surface area contributed by atoms with Gasteiger partial charge in [0.05, 0.1) is 0 Å². The molecular weight excluding hydrogens is 292 g/mol. The molecule has 0 aliphatic rings. The lowest BCUT2D eigenvalue weighted by molar-refractivity contribution is -0.117. The van der Waals surface area contributed by atoms with Crippen molar-refractivity contribution < 1.29 is 4.79 Å². The Kier molecular flexibility index (Phi) is 4.12. The number of rotatable bonds is 3. The Labute approximate surface area is 114 Å². The number of carbonyl (C=O) groups is 1. The third-order valence-electron chi connectivity index (χ3n) is 2.53. The number of anilines is 1. The summed E-state index contributed by atoms with van der Waals surface area (Å²) in [4.78, 5) is 12.0. The van der Waals surface area contributed by atoms with Crippen molar-refractivity contribution in [2.45, 2.75) is 6.04 Å². The van der Waals surface area contributed by atoms with Crippen LogP contribution in [-0.2, 0) is 4.79 Å². The summed E-state index contributed by atoms with van der Waals surface area (Å²) < 4.78 is 0.911. The third-order valence-corrected chi connectivity index (χ3v) is 3.03. The van der Waals surface area contributed by atoms with Crippen LogP contribution in [0, 0.1) is 0 Å². The van der Waals surface area contributed by atoms with E-state index in [4.69, 9.17) is 5.73 Å². The van der Waals surface area contributed by atoms with Crippen LogP contribution in [0.15, 0.2) is 59.1 Å². The molecule has 2 rings (SSSR count). The van der Waals surface area contributed by atoms with E-state index in [9.17, 15) is 4.79 Å². The van der Waals surface area contributed by atoms with Gasteiger partial charge in [-0.2, -0.15) is 0 Å². The number of hydrogen-bond donors (Lipinski definition) is 2. The molecule has 92 valence electrons. The zero-order chi connectivity index (χ0) is 13.0. The van der Waals surface area contributed by atoms with Gasteiger partial charge in [0.1, 0.15) is 6.04 Å². The van der Waals surface area contributed by atoms with Crippen molar-refractivity contribution in [3.63, 3.8) is 0 Å². The molecule has 0 aliphatic carbocycles. The van der Waals surface area contributed by atoms with Gasteiger partial charge in [-0.1, -0.05) is 52.3 Å². The molecular formula is C14H13BrN2O. The van der Waals surface area contributed by atoms with Crippen LogP contribution >= 0.6 is 15.9 Å². The molecule has 0 unspecified atom stereocenters. The van der Waals surface area contributed by atoms with Gasteiger partial charge in [0.2, 0.25) is 5.91 Å². The Hall–Kier alpha value is -1.65. The maximum Gasteiger partial charge on any atom is 0.245 e. The molecule has 0 fully saturated rings. The number of carbonyl (C=O) groups excluding carboxylic acids is 1. The average Bonchev–Trinajstić information content (AvgIpc) is 2.39. The summed E-state index contributed by atoms with van der Waals surface area (Å²) in [5.41, 5.74) is 7.42. The zero-order valence-corrected chi connectivity index (χ0v) is 11.2. The summed E-state index contributed by atoms with van der Waals surface area (Å²) in [7, 11) is 0. The van der Waals surface area contributed by atoms with Gasteiger partial charge in [0, 0.05) is 10.2 Å². The van der Waals surface area contributed by atoms with Crippen LogP contribution in [0.1, 0.15) is 11.6 Å². The summed E-state index contributed by atoms with van der Waals surface area (Å²) >= 11 is 3.35. The second-order valence-corrected chi connectivity index (χ2v) is 4.80. The molecule has 1 amide bonds. The van der Waals surface area contributed by atoms with E-state index in [1.54, 1.807) is 0 Å². The Morgan fingerprint density at radius 1 is 1.11 bits per heavy atom. The summed E-state index contributed by atoms with van der Waals surface area (Å²) in [6.07, 6.45) is 0. The van der Waals surface area contributed by atoms with E-state index >= 15 is 0 Å². The van der Waals surface area contributed by atoms with Gasteiger partial charge >= 0.3 is 0 Å². The molecule has 0 radical (unpaired) electrons. The van der Waals surface area contributed by atoms with E-state index in [2.05, 4.69) is 21.2 Å². The Bertz CT molecular complexity index is 543. The predicted octanol–water partition coefficient (Wildman–Crippen LogP) is 3.09. The molecule has 0 heterocycles. The first-order chi connectivity index (χ1) is 8.66. The van der Waals surface area contributed by atoms with Crippen molar-refractivity contribution in [1.82, 2.24) is 0 Å². The SMILES string of the molecule is N[C@@H](C(=O)Nc1cccc(Br)c1)c1ccccc1. The minimum atomic E-state index is -0.662. The van der Waals surface area contributed by atoms with E-state index in [1.165, 1.54) is 0 Å². The fourth-order valence-electron chi connectivity index (χ4n) is 1.60. The molecule has 3 N–H and O–H groups in total. The summed E-state index contributed by atoms with van der Waals surface area (Å²) in [6, 6.07) is 16.0. The highest BCUT2D eigenvalue weighted by Gasteiger charge is 2.15. The van der Waals surface area contributed by atoms with Gasteiger partial charge in [-0.3, -0.25) is 4.79 Å². The van der Waals surface area contributed by atoms with Crippen LogP contribution in [0.5, 0.6) is 0 Å². The largest absolute Gasteiger partial charge is 0.324 e. The van der Waals surface area contributed by atoms with Crippen molar-refractivity contribution in [2.75, 3.05) is 5.32 Å². The van der Waals surface area contributed by atoms with Crippen molar-refractivity contribution >= 4 is 27.5 Å². The summed E-state index contributed by atoms with van der Waals surface area (Å²) in [5, 5.41) is 2.79. The lowest BCUT2D eigenvalue weighted by Crippen LogP contribution is -2.27. The standard InChI is InChI=1S/C14H13BrN2O/c15-11-7-4-8-12(9-11)17-14(18)13(16)10-5-2-1-3-6-10/h1-9,13H,16H2,(H,17,18)/t13-/m1/s1. The maximum absolute atomic E-state index is 12.0. The monoisotopic (exact) mass is 304 g/mol. The maximum atomic E-state index is 12.0. The number of nitrogens with two attached hydrogens (primary N) is 1. The molecule has 0 bridgehead atoms. The first-order valence-electron chi connectivity index (χ1n) is 5.54. The van der Waals surface area contributed by atoms with Crippen molar-refractivity contribution in [3.05, 3.63) is 64.6 Å². The normalized spacial score (nSPS) is 11.9. The van der Waals surface area contributed by atoms with Gasteiger partial charge < -0.3 is 11.1 Å². The molecule has 0 saturated carbocycles. The lowest BCUT2D eigenvalue weighted by atomic mass is 10.1. The summed E-state index contributed by atoms with van der Waals surface area (Å²) in [5.74, 6) is -0.223. The van der Waals surface area contributed by atoms with E-state index < -0.39 is 6.04 Å². The van der Waals surface area contributed by atoms with Crippen LogP contribution in [0.3, 0.4) is 0 Å². The van der Waals surface area contributed by atoms with E-state index in [0.717, 1.165) is 15.7 Å². The Balaban J connectivity index is 2.09. The molecule has 1 atom stereocenters. The second-order valence-electron chi connectivity index (χ2n) is 3.89. The fourth-order valence-corrected chi connectivity index (χ4v) is 2.00. The van der Waals surface area contributed by atoms with Gasteiger partial charge in [0.15, 0.2) is 0 Å². The fraction of sp³-hybridized carbons (Fsp3) is 0.0714. The van der Waals surface area contributed by atoms with Crippen LogP contribution in [-0.4, -0.2) is 5.91 Å². The molecule has 2 aromatic rings. The molecule has 2 aromatic carbocycles.